The predicted octanol–water partition coefficient (Wildman–Crippen LogP) is 3.91. The molecule has 2 aromatic heterocycles. The molecule has 0 saturated carbocycles. The molecular formula is C17H14N4S. The number of imidazole rings is 1. The van der Waals surface area contributed by atoms with Crippen LogP contribution >= 0.6 is 11.8 Å². The molecule has 0 radical (unpaired) electrons. The van der Waals surface area contributed by atoms with Crippen LogP contribution in [0.25, 0.3) is 22.7 Å². The van der Waals surface area contributed by atoms with E-state index in [4.69, 9.17) is 0 Å². The van der Waals surface area contributed by atoms with E-state index in [1.807, 2.05) is 48.9 Å². The Morgan fingerprint density at radius 1 is 0.909 bits per heavy atom. The third-order valence-corrected chi connectivity index (χ3v) is 4.18. The summed E-state index contributed by atoms with van der Waals surface area (Å²) in [7, 11) is 0. The minimum absolute atomic E-state index is 0.715. The number of rotatable bonds is 3. The van der Waals surface area contributed by atoms with Crippen LogP contribution in [0.3, 0.4) is 0 Å². The molecule has 0 aliphatic rings. The number of nitrogens with zero attached hydrogens (tertiary/aromatic N) is 4. The van der Waals surface area contributed by atoms with Gasteiger partial charge in [-0.05, 0) is 18.4 Å². The summed E-state index contributed by atoms with van der Waals surface area (Å²) >= 11 is 1.62. The van der Waals surface area contributed by atoms with Gasteiger partial charge >= 0.3 is 0 Å². The largest absolute Gasteiger partial charge is 0.252 e. The molecule has 2 heterocycles. The molecule has 4 aromatic rings. The zero-order chi connectivity index (χ0) is 14.9. The van der Waals surface area contributed by atoms with Gasteiger partial charge in [-0.2, -0.15) is 4.98 Å². The highest BCUT2D eigenvalue weighted by atomic mass is 32.2. The Morgan fingerprint density at radius 3 is 2.27 bits per heavy atom. The first-order valence-corrected chi connectivity index (χ1v) is 8.22. The lowest BCUT2D eigenvalue weighted by Crippen LogP contribution is -2.05. The minimum Gasteiger partial charge on any atom is -0.222 e. The topological polar surface area (TPSA) is 35.1 Å². The number of hydrogen-bond acceptors (Lipinski definition) is 3. The summed E-state index contributed by atoms with van der Waals surface area (Å²) in [5.41, 5.74) is 3.23. The second-order valence-electron chi connectivity index (χ2n) is 4.87. The van der Waals surface area contributed by atoms with Gasteiger partial charge in [0.25, 0.3) is 5.78 Å². The Kier molecular flexibility index (Phi) is 3.20. The Labute approximate surface area is 132 Å². The fourth-order valence-electron chi connectivity index (χ4n) is 2.56. The minimum atomic E-state index is 0.715. The van der Waals surface area contributed by atoms with Crippen molar-refractivity contribution in [3.8, 4) is 16.9 Å². The molecule has 0 saturated heterocycles. The van der Waals surface area contributed by atoms with Crippen molar-refractivity contribution in [2.75, 3.05) is 6.26 Å². The Balaban J connectivity index is 2.04. The van der Waals surface area contributed by atoms with E-state index in [2.05, 4.69) is 43.4 Å². The third-order valence-electron chi connectivity index (χ3n) is 3.55. The quantitative estimate of drug-likeness (QED) is 0.538. The number of aromatic nitrogens is 4. The van der Waals surface area contributed by atoms with E-state index in [1.54, 1.807) is 11.8 Å². The predicted molar refractivity (Wildman–Crippen MR) is 89.5 cm³/mol. The molecule has 0 unspecified atom stereocenters. The summed E-state index contributed by atoms with van der Waals surface area (Å²) in [6.45, 7) is 0. The van der Waals surface area contributed by atoms with E-state index in [0.29, 0.717) is 5.78 Å². The van der Waals surface area contributed by atoms with Crippen LogP contribution in [0.4, 0.5) is 0 Å². The molecule has 108 valence electrons. The first kappa shape index (κ1) is 13.2. The first-order chi connectivity index (χ1) is 10.9. The van der Waals surface area contributed by atoms with Crippen molar-refractivity contribution in [2.45, 2.75) is 5.16 Å². The third kappa shape index (κ3) is 2.02. The van der Waals surface area contributed by atoms with Crippen molar-refractivity contribution >= 4 is 17.5 Å². The number of thioether (sulfide) groups is 1. The van der Waals surface area contributed by atoms with Gasteiger partial charge in [-0.15, -0.1) is 0 Å². The second-order valence-corrected chi connectivity index (χ2v) is 5.64. The van der Waals surface area contributed by atoms with E-state index in [9.17, 15) is 0 Å². The molecule has 2 aromatic carbocycles. The van der Waals surface area contributed by atoms with Gasteiger partial charge in [-0.3, -0.25) is 0 Å². The van der Waals surface area contributed by atoms with E-state index >= 15 is 0 Å². The molecule has 4 nitrogen and oxygen atoms in total. The lowest BCUT2D eigenvalue weighted by Gasteiger charge is -2.09. The highest BCUT2D eigenvalue weighted by Crippen LogP contribution is 2.26. The average molecular weight is 306 g/mol. The maximum Gasteiger partial charge on any atom is 0.252 e. The molecule has 0 N–H and O–H groups in total. The van der Waals surface area contributed by atoms with Crippen molar-refractivity contribution in [3.63, 3.8) is 0 Å². The SMILES string of the molecule is CSc1nc2ncc(-c3ccccc3)n2n1-c1ccccc1. The Hall–Kier alpha value is -2.53. The van der Waals surface area contributed by atoms with Crippen molar-refractivity contribution in [3.05, 3.63) is 66.9 Å². The summed E-state index contributed by atoms with van der Waals surface area (Å²) in [6, 6.07) is 20.5. The van der Waals surface area contributed by atoms with Crippen LogP contribution in [0, 0.1) is 0 Å². The molecule has 5 heteroatoms. The standard InChI is InChI=1S/C17H14N4S/c1-22-17-19-16-18-12-15(13-8-4-2-5-9-13)21(16)20(17)14-10-6-3-7-11-14/h2-12H,1H3. The van der Waals surface area contributed by atoms with Crippen molar-refractivity contribution in [1.29, 1.82) is 0 Å². The molecule has 22 heavy (non-hydrogen) atoms. The molecule has 0 aliphatic carbocycles. The second kappa shape index (κ2) is 5.35. The Morgan fingerprint density at radius 2 is 1.59 bits per heavy atom. The van der Waals surface area contributed by atoms with Gasteiger partial charge in [0.05, 0.1) is 17.6 Å². The van der Waals surface area contributed by atoms with E-state index < -0.39 is 0 Å². The van der Waals surface area contributed by atoms with Crippen LogP contribution in [0.15, 0.2) is 72.0 Å². The van der Waals surface area contributed by atoms with Crippen LogP contribution in [0.5, 0.6) is 0 Å². The summed E-state index contributed by atoms with van der Waals surface area (Å²) in [4.78, 5) is 9.10. The summed E-state index contributed by atoms with van der Waals surface area (Å²) in [6.07, 6.45) is 3.91. The Bertz CT molecular complexity index is 910. The van der Waals surface area contributed by atoms with Gasteiger partial charge in [0.1, 0.15) is 0 Å². The number of para-hydroxylation sites is 1. The first-order valence-electron chi connectivity index (χ1n) is 7.00. The number of hydrogen-bond donors (Lipinski definition) is 0. The van der Waals surface area contributed by atoms with Crippen molar-refractivity contribution in [2.24, 2.45) is 0 Å². The maximum absolute atomic E-state index is 4.63. The van der Waals surface area contributed by atoms with E-state index in [1.165, 1.54) is 0 Å². The molecule has 0 bridgehead atoms. The molecule has 0 spiro atoms. The number of fused-ring (bicyclic) bond motifs is 1. The van der Waals surface area contributed by atoms with Crippen molar-refractivity contribution in [1.82, 2.24) is 19.2 Å². The normalized spacial score (nSPS) is 11.1. The van der Waals surface area contributed by atoms with Gasteiger partial charge in [-0.25, -0.2) is 14.2 Å². The van der Waals surface area contributed by atoms with Gasteiger partial charge in [-0.1, -0.05) is 60.3 Å². The monoisotopic (exact) mass is 306 g/mol. The van der Waals surface area contributed by atoms with E-state index in [-0.39, 0.29) is 0 Å². The van der Waals surface area contributed by atoms with E-state index in [0.717, 1.165) is 22.1 Å². The fourth-order valence-corrected chi connectivity index (χ4v) is 3.09. The van der Waals surface area contributed by atoms with Crippen LogP contribution in [0.1, 0.15) is 0 Å². The summed E-state index contributed by atoms with van der Waals surface area (Å²) in [5, 5.41) is 0.923. The smallest absolute Gasteiger partial charge is 0.222 e. The zero-order valence-electron chi connectivity index (χ0n) is 12.0. The van der Waals surface area contributed by atoms with Crippen LogP contribution in [0.2, 0.25) is 0 Å². The lowest BCUT2D eigenvalue weighted by atomic mass is 10.2. The molecular weight excluding hydrogens is 292 g/mol. The molecule has 0 atom stereocenters. The number of benzene rings is 2. The van der Waals surface area contributed by atoms with Crippen LogP contribution < -0.4 is 0 Å². The lowest BCUT2D eigenvalue weighted by molar-refractivity contribution is 0.733. The van der Waals surface area contributed by atoms with Gasteiger partial charge in [0, 0.05) is 5.56 Å². The average Bonchev–Trinajstić information content (AvgIpc) is 3.15. The van der Waals surface area contributed by atoms with Gasteiger partial charge in [0.2, 0.25) is 0 Å². The summed E-state index contributed by atoms with van der Waals surface area (Å²) < 4.78 is 4.17. The van der Waals surface area contributed by atoms with Crippen LogP contribution in [-0.2, 0) is 0 Å². The fraction of sp³-hybridized carbons (Fsp3) is 0.0588. The maximum atomic E-state index is 4.63. The molecule has 4 rings (SSSR count). The highest BCUT2D eigenvalue weighted by Gasteiger charge is 2.16. The van der Waals surface area contributed by atoms with Gasteiger partial charge in [0.15, 0.2) is 5.16 Å². The summed E-state index contributed by atoms with van der Waals surface area (Å²) in [5.74, 6) is 0.715. The molecule has 0 aliphatic heterocycles. The highest BCUT2D eigenvalue weighted by molar-refractivity contribution is 7.98. The molecule has 0 fully saturated rings. The zero-order valence-corrected chi connectivity index (χ0v) is 12.9. The van der Waals surface area contributed by atoms with Crippen LogP contribution in [-0.4, -0.2) is 25.4 Å². The van der Waals surface area contributed by atoms with Crippen molar-refractivity contribution < 1.29 is 0 Å². The van der Waals surface area contributed by atoms with Gasteiger partial charge < -0.3 is 0 Å². The molecule has 0 amide bonds.